The predicted molar refractivity (Wildman–Crippen MR) is 89.9 cm³/mol. The van der Waals surface area contributed by atoms with E-state index >= 15 is 0 Å². The van der Waals surface area contributed by atoms with Gasteiger partial charge in [0.05, 0.1) is 11.4 Å². The molecule has 9 heteroatoms. The van der Waals surface area contributed by atoms with E-state index in [1.807, 2.05) is 0 Å². The average molecular weight is 345 g/mol. The molecule has 0 fully saturated rings. The fourth-order valence-electron chi connectivity index (χ4n) is 2.09. The number of H-pyrrole nitrogens is 2. The third kappa shape index (κ3) is 3.18. The third-order valence-corrected chi connectivity index (χ3v) is 3.45. The van der Waals surface area contributed by atoms with E-state index in [1.165, 1.54) is 6.07 Å². The largest absolute Gasteiger partial charge is 0.301 e. The van der Waals surface area contributed by atoms with Crippen LogP contribution in [-0.2, 0) is 0 Å². The number of hydrogen-bond donors (Lipinski definition) is 2. The fraction of sp³-hybridized carbons (Fsp3) is 0.133. The molecule has 2 aromatic heterocycles. The van der Waals surface area contributed by atoms with Crippen LogP contribution in [0.2, 0.25) is 5.02 Å². The van der Waals surface area contributed by atoms with E-state index in [1.54, 1.807) is 38.1 Å². The average Bonchev–Trinajstić information content (AvgIpc) is 2.81. The van der Waals surface area contributed by atoms with Crippen LogP contribution in [-0.4, -0.2) is 19.7 Å². The van der Waals surface area contributed by atoms with Gasteiger partial charge in [-0.3, -0.25) is 19.7 Å². The molecule has 3 aromatic rings. The zero-order chi connectivity index (χ0) is 17.3. The first-order chi connectivity index (χ1) is 11.4. The number of benzene rings is 1. The number of azo groups is 1. The Morgan fingerprint density at radius 1 is 1.12 bits per heavy atom. The molecule has 0 aliphatic rings. The zero-order valence-electron chi connectivity index (χ0n) is 12.9. The van der Waals surface area contributed by atoms with Crippen LogP contribution in [0.1, 0.15) is 11.4 Å². The molecule has 0 saturated heterocycles. The maximum absolute atomic E-state index is 12.5. The number of hydrogen-bond acceptors (Lipinski definition) is 5. The lowest BCUT2D eigenvalue weighted by Gasteiger charge is -2.00. The lowest BCUT2D eigenvalue weighted by atomic mass is 10.3. The molecule has 122 valence electrons. The smallest absolute Gasteiger partial charge is 0.291 e. The summed E-state index contributed by atoms with van der Waals surface area (Å²) in [5.41, 5.74) is 0.890. The van der Waals surface area contributed by atoms with Crippen LogP contribution in [0.3, 0.4) is 0 Å². The van der Waals surface area contributed by atoms with Crippen molar-refractivity contribution in [3.8, 4) is 5.95 Å². The van der Waals surface area contributed by atoms with Crippen LogP contribution in [0.15, 0.2) is 50.1 Å². The number of nitrogens with one attached hydrogen (secondary N) is 2. The molecular weight excluding hydrogens is 332 g/mol. The van der Waals surface area contributed by atoms with E-state index in [4.69, 9.17) is 11.6 Å². The van der Waals surface area contributed by atoms with Crippen molar-refractivity contribution in [1.82, 2.24) is 19.7 Å². The second kappa shape index (κ2) is 6.25. The van der Waals surface area contributed by atoms with Crippen LogP contribution < -0.4 is 11.1 Å². The molecule has 0 unspecified atom stereocenters. The first-order valence-electron chi connectivity index (χ1n) is 7.01. The normalized spacial score (nSPS) is 11.3. The van der Waals surface area contributed by atoms with Gasteiger partial charge in [-0.1, -0.05) is 11.6 Å². The molecule has 2 heterocycles. The Kier molecular flexibility index (Phi) is 4.13. The highest BCUT2D eigenvalue weighted by molar-refractivity contribution is 6.30. The van der Waals surface area contributed by atoms with Gasteiger partial charge in [0.1, 0.15) is 0 Å². The van der Waals surface area contributed by atoms with Crippen molar-refractivity contribution < 1.29 is 0 Å². The lowest BCUT2D eigenvalue weighted by molar-refractivity contribution is 0.763. The highest BCUT2D eigenvalue weighted by Crippen LogP contribution is 2.20. The molecular formula is C15H13ClN6O2. The molecule has 0 spiro atoms. The summed E-state index contributed by atoms with van der Waals surface area (Å²) >= 11 is 5.81. The minimum atomic E-state index is -0.459. The quantitative estimate of drug-likeness (QED) is 0.713. The molecule has 0 aliphatic carbocycles. The number of aromatic amines is 2. The van der Waals surface area contributed by atoms with Gasteiger partial charge < -0.3 is 0 Å². The Balaban J connectivity index is 2.02. The zero-order valence-corrected chi connectivity index (χ0v) is 13.6. The second-order valence-corrected chi connectivity index (χ2v) is 5.55. The number of aromatic nitrogens is 4. The SMILES string of the molecule is Cc1cc(=O)[nH]c(-n2[nH]c(C)c(N=Nc3ccc(Cl)cc3)c2=O)n1. The van der Waals surface area contributed by atoms with Crippen LogP contribution in [0.4, 0.5) is 11.4 Å². The topological polar surface area (TPSA) is 108 Å². The van der Waals surface area contributed by atoms with Crippen LogP contribution in [0.25, 0.3) is 5.95 Å². The Morgan fingerprint density at radius 2 is 1.83 bits per heavy atom. The Bertz CT molecular complexity index is 1030. The molecule has 0 saturated carbocycles. The molecule has 0 aliphatic heterocycles. The van der Waals surface area contributed by atoms with E-state index < -0.39 is 5.56 Å². The predicted octanol–water partition coefficient (Wildman–Crippen LogP) is 2.93. The van der Waals surface area contributed by atoms with Gasteiger partial charge in [-0.25, -0.2) is 4.98 Å². The maximum atomic E-state index is 12.5. The molecule has 0 radical (unpaired) electrons. The first kappa shape index (κ1) is 15.9. The molecule has 1 aromatic carbocycles. The van der Waals surface area contributed by atoms with E-state index in [0.717, 1.165) is 4.68 Å². The molecule has 8 nitrogen and oxygen atoms in total. The van der Waals surface area contributed by atoms with Gasteiger partial charge in [0, 0.05) is 16.8 Å². The van der Waals surface area contributed by atoms with Crippen LogP contribution >= 0.6 is 11.6 Å². The summed E-state index contributed by atoms with van der Waals surface area (Å²) in [6.07, 6.45) is 0. The first-order valence-corrected chi connectivity index (χ1v) is 7.39. The summed E-state index contributed by atoms with van der Waals surface area (Å²) in [4.78, 5) is 30.7. The third-order valence-electron chi connectivity index (χ3n) is 3.20. The molecule has 2 N–H and O–H groups in total. The van der Waals surface area contributed by atoms with Gasteiger partial charge in [0.15, 0.2) is 5.69 Å². The second-order valence-electron chi connectivity index (χ2n) is 5.11. The summed E-state index contributed by atoms with van der Waals surface area (Å²) in [7, 11) is 0. The van der Waals surface area contributed by atoms with E-state index in [2.05, 4.69) is 25.3 Å². The molecule has 3 rings (SSSR count). The lowest BCUT2D eigenvalue weighted by Crippen LogP contribution is -2.21. The minimum Gasteiger partial charge on any atom is -0.291 e. The van der Waals surface area contributed by atoms with Crippen molar-refractivity contribution in [3.63, 3.8) is 0 Å². The standard InChI is InChI=1S/C15H13ClN6O2/c1-8-7-12(23)18-15(17-8)22-14(24)13(9(2)21-22)20-19-11-5-3-10(16)4-6-11/h3-7,21H,1-2H3,(H,17,18,23). The number of aryl methyl sites for hydroxylation is 2. The summed E-state index contributed by atoms with van der Waals surface area (Å²) in [5.74, 6) is 0.0982. The number of rotatable bonds is 3. The Hall–Kier alpha value is -3.00. The Morgan fingerprint density at radius 3 is 2.50 bits per heavy atom. The molecule has 0 atom stereocenters. The minimum absolute atomic E-state index is 0.0982. The number of halogens is 1. The van der Waals surface area contributed by atoms with Crippen molar-refractivity contribution in [2.75, 3.05) is 0 Å². The molecule has 0 amide bonds. The summed E-state index contributed by atoms with van der Waals surface area (Å²) in [6, 6.07) is 8.07. The van der Waals surface area contributed by atoms with Crippen molar-refractivity contribution in [2.45, 2.75) is 13.8 Å². The van der Waals surface area contributed by atoms with E-state index in [-0.39, 0.29) is 17.2 Å². The van der Waals surface area contributed by atoms with E-state index in [9.17, 15) is 9.59 Å². The van der Waals surface area contributed by atoms with Crippen molar-refractivity contribution in [2.24, 2.45) is 10.2 Å². The summed E-state index contributed by atoms with van der Waals surface area (Å²) in [5, 5.41) is 11.4. The fourth-order valence-corrected chi connectivity index (χ4v) is 2.22. The summed E-state index contributed by atoms with van der Waals surface area (Å²) in [6.45, 7) is 3.35. The monoisotopic (exact) mass is 344 g/mol. The van der Waals surface area contributed by atoms with Crippen LogP contribution in [0, 0.1) is 13.8 Å². The van der Waals surface area contributed by atoms with Gasteiger partial charge in [0.2, 0.25) is 5.95 Å². The van der Waals surface area contributed by atoms with Gasteiger partial charge in [-0.05, 0) is 38.1 Å². The van der Waals surface area contributed by atoms with Crippen molar-refractivity contribution in [3.05, 3.63) is 67.4 Å². The van der Waals surface area contributed by atoms with Gasteiger partial charge in [0.25, 0.3) is 5.56 Å². The highest BCUT2D eigenvalue weighted by Gasteiger charge is 2.14. The number of nitrogens with zero attached hydrogens (tertiary/aromatic N) is 4. The van der Waals surface area contributed by atoms with Gasteiger partial charge in [-0.2, -0.15) is 9.80 Å². The van der Waals surface area contributed by atoms with Crippen molar-refractivity contribution in [1.29, 1.82) is 0 Å². The highest BCUT2D eigenvalue weighted by atomic mass is 35.5. The molecule has 0 bridgehead atoms. The Labute approximate surface area is 140 Å². The summed E-state index contributed by atoms with van der Waals surface area (Å²) < 4.78 is 1.12. The maximum Gasteiger partial charge on any atom is 0.301 e. The van der Waals surface area contributed by atoms with E-state index in [0.29, 0.717) is 22.1 Å². The van der Waals surface area contributed by atoms with Crippen molar-refractivity contribution >= 4 is 23.0 Å². The van der Waals surface area contributed by atoms with Gasteiger partial charge in [-0.15, -0.1) is 5.11 Å². The van der Waals surface area contributed by atoms with Crippen LogP contribution in [0.5, 0.6) is 0 Å². The van der Waals surface area contributed by atoms with Gasteiger partial charge >= 0.3 is 5.56 Å². The molecule has 24 heavy (non-hydrogen) atoms.